The van der Waals surface area contributed by atoms with E-state index < -0.39 is 0 Å². The molecule has 0 spiro atoms. The van der Waals surface area contributed by atoms with E-state index in [1.165, 1.54) is 40.6 Å². The number of benzene rings is 1. The standard InChI is InChI=1S/C20H22N4/c1-2-16(17-6-8-21-18(17)3-1)12-24-9-7-15-11-22-20(10-14-4-5-14)23-19(15)13-24/h1-3,6,8,11,14,21H,4-5,7,9-10,12-13H2. The van der Waals surface area contributed by atoms with Gasteiger partial charge in [0.05, 0.1) is 5.69 Å². The molecule has 1 fully saturated rings. The summed E-state index contributed by atoms with van der Waals surface area (Å²) in [6.45, 7) is 3.01. The fraction of sp³-hybridized carbons (Fsp3) is 0.400. The lowest BCUT2D eigenvalue weighted by Crippen LogP contribution is -2.31. The third-order valence-electron chi connectivity index (χ3n) is 5.32. The Morgan fingerprint density at radius 2 is 2.17 bits per heavy atom. The molecule has 122 valence electrons. The molecule has 3 heterocycles. The van der Waals surface area contributed by atoms with E-state index in [4.69, 9.17) is 4.98 Å². The van der Waals surface area contributed by atoms with Crippen LogP contribution in [0.1, 0.15) is 35.5 Å². The van der Waals surface area contributed by atoms with E-state index in [9.17, 15) is 0 Å². The molecule has 0 unspecified atom stereocenters. The number of hydrogen-bond acceptors (Lipinski definition) is 3. The Morgan fingerprint density at radius 1 is 1.21 bits per heavy atom. The van der Waals surface area contributed by atoms with Gasteiger partial charge >= 0.3 is 0 Å². The molecule has 5 rings (SSSR count). The van der Waals surface area contributed by atoms with Gasteiger partial charge in [-0.15, -0.1) is 0 Å². The lowest BCUT2D eigenvalue weighted by atomic mass is 10.0. The summed E-state index contributed by atoms with van der Waals surface area (Å²) in [7, 11) is 0. The second-order valence-corrected chi connectivity index (χ2v) is 7.22. The lowest BCUT2D eigenvalue weighted by Gasteiger charge is -2.28. The van der Waals surface area contributed by atoms with Crippen molar-refractivity contribution in [3.8, 4) is 0 Å². The van der Waals surface area contributed by atoms with E-state index in [2.05, 4.69) is 45.3 Å². The van der Waals surface area contributed by atoms with Crippen molar-refractivity contribution in [1.29, 1.82) is 0 Å². The molecule has 1 saturated carbocycles. The minimum atomic E-state index is 0.842. The Hall–Kier alpha value is -2.20. The minimum absolute atomic E-state index is 0.842. The zero-order valence-corrected chi connectivity index (χ0v) is 13.8. The second-order valence-electron chi connectivity index (χ2n) is 7.22. The van der Waals surface area contributed by atoms with Crippen molar-refractivity contribution in [2.75, 3.05) is 6.54 Å². The summed E-state index contributed by atoms with van der Waals surface area (Å²) < 4.78 is 0. The van der Waals surface area contributed by atoms with Crippen molar-refractivity contribution >= 4 is 10.9 Å². The van der Waals surface area contributed by atoms with E-state index in [1.54, 1.807) is 0 Å². The van der Waals surface area contributed by atoms with Crippen LogP contribution in [0, 0.1) is 5.92 Å². The van der Waals surface area contributed by atoms with Crippen LogP contribution in [0.5, 0.6) is 0 Å². The molecule has 4 heteroatoms. The first kappa shape index (κ1) is 14.2. The molecule has 1 aliphatic heterocycles. The van der Waals surface area contributed by atoms with Gasteiger partial charge in [0.25, 0.3) is 0 Å². The van der Waals surface area contributed by atoms with Crippen LogP contribution < -0.4 is 0 Å². The average molecular weight is 318 g/mol. The number of nitrogens with one attached hydrogen (secondary N) is 1. The second kappa shape index (κ2) is 5.71. The van der Waals surface area contributed by atoms with Crippen LogP contribution in [0.3, 0.4) is 0 Å². The van der Waals surface area contributed by atoms with Crippen LogP contribution >= 0.6 is 0 Å². The molecule has 3 aromatic rings. The molecule has 4 nitrogen and oxygen atoms in total. The summed E-state index contributed by atoms with van der Waals surface area (Å²) in [6, 6.07) is 8.70. The van der Waals surface area contributed by atoms with Crippen LogP contribution in [-0.4, -0.2) is 26.4 Å². The SMILES string of the molecule is c1cc(CN2CCc3cnc(CC4CC4)nc3C2)c2cc[nH]c2c1. The molecule has 0 amide bonds. The quantitative estimate of drug-likeness (QED) is 0.801. The highest BCUT2D eigenvalue weighted by Gasteiger charge is 2.24. The van der Waals surface area contributed by atoms with Crippen LogP contribution in [-0.2, 0) is 25.9 Å². The Kier molecular flexibility index (Phi) is 3.37. The van der Waals surface area contributed by atoms with Gasteiger partial charge in [-0.1, -0.05) is 12.1 Å². The number of nitrogens with zero attached hydrogens (tertiary/aromatic N) is 3. The predicted molar refractivity (Wildman–Crippen MR) is 94.6 cm³/mol. The van der Waals surface area contributed by atoms with E-state index in [0.29, 0.717) is 0 Å². The topological polar surface area (TPSA) is 44.8 Å². The van der Waals surface area contributed by atoms with Gasteiger partial charge in [-0.05, 0) is 48.4 Å². The number of fused-ring (bicyclic) bond motifs is 2. The summed E-state index contributed by atoms with van der Waals surface area (Å²) >= 11 is 0. The highest BCUT2D eigenvalue weighted by Crippen LogP contribution is 2.32. The number of H-pyrrole nitrogens is 1. The Bertz CT molecular complexity index is 878. The average Bonchev–Trinajstić information content (AvgIpc) is 3.27. The number of aromatic amines is 1. The zero-order valence-electron chi connectivity index (χ0n) is 13.8. The van der Waals surface area contributed by atoms with Crippen LogP contribution in [0.15, 0.2) is 36.7 Å². The molecule has 1 aliphatic carbocycles. The number of aromatic nitrogens is 3. The molecule has 24 heavy (non-hydrogen) atoms. The maximum absolute atomic E-state index is 4.88. The van der Waals surface area contributed by atoms with E-state index in [-0.39, 0.29) is 0 Å². The maximum atomic E-state index is 4.88. The van der Waals surface area contributed by atoms with Gasteiger partial charge in [-0.3, -0.25) is 4.90 Å². The predicted octanol–water partition coefficient (Wildman–Crippen LogP) is 3.47. The maximum Gasteiger partial charge on any atom is 0.128 e. The van der Waals surface area contributed by atoms with Crippen LogP contribution in [0.25, 0.3) is 10.9 Å². The Balaban J connectivity index is 1.36. The largest absolute Gasteiger partial charge is 0.361 e. The first-order chi connectivity index (χ1) is 11.8. The summed E-state index contributed by atoms with van der Waals surface area (Å²) in [5.74, 6) is 1.89. The Labute approximate surface area is 141 Å². The minimum Gasteiger partial charge on any atom is -0.361 e. The van der Waals surface area contributed by atoms with Gasteiger partial charge in [0, 0.05) is 49.4 Å². The first-order valence-electron chi connectivity index (χ1n) is 8.96. The van der Waals surface area contributed by atoms with Crippen molar-refractivity contribution in [2.45, 2.75) is 38.8 Å². The highest BCUT2D eigenvalue weighted by molar-refractivity contribution is 5.82. The fourth-order valence-electron chi connectivity index (χ4n) is 3.74. The van der Waals surface area contributed by atoms with Gasteiger partial charge in [0.15, 0.2) is 0 Å². The van der Waals surface area contributed by atoms with E-state index in [0.717, 1.165) is 44.2 Å². The summed E-state index contributed by atoms with van der Waals surface area (Å²) in [6.07, 6.45) is 8.93. The highest BCUT2D eigenvalue weighted by atomic mass is 15.1. The molecule has 1 N–H and O–H groups in total. The normalized spacial score (nSPS) is 18.0. The van der Waals surface area contributed by atoms with E-state index in [1.807, 2.05) is 6.20 Å². The van der Waals surface area contributed by atoms with Gasteiger partial charge < -0.3 is 4.98 Å². The summed E-state index contributed by atoms with van der Waals surface area (Å²) in [5, 5.41) is 1.33. The van der Waals surface area contributed by atoms with Gasteiger partial charge in [-0.25, -0.2) is 9.97 Å². The van der Waals surface area contributed by atoms with Gasteiger partial charge in [0.2, 0.25) is 0 Å². The summed E-state index contributed by atoms with van der Waals surface area (Å²) in [5.41, 5.74) is 5.20. The monoisotopic (exact) mass is 318 g/mol. The van der Waals surface area contributed by atoms with Crippen molar-refractivity contribution in [3.05, 3.63) is 59.3 Å². The van der Waals surface area contributed by atoms with Crippen LogP contribution in [0.2, 0.25) is 0 Å². The lowest BCUT2D eigenvalue weighted by molar-refractivity contribution is 0.241. The van der Waals surface area contributed by atoms with Crippen LogP contribution in [0.4, 0.5) is 0 Å². The third kappa shape index (κ3) is 2.71. The first-order valence-corrected chi connectivity index (χ1v) is 8.96. The molecule has 2 aromatic heterocycles. The number of rotatable bonds is 4. The molecule has 0 bridgehead atoms. The van der Waals surface area contributed by atoms with Crippen molar-refractivity contribution < 1.29 is 0 Å². The third-order valence-corrected chi connectivity index (χ3v) is 5.32. The smallest absolute Gasteiger partial charge is 0.128 e. The molecule has 2 aliphatic rings. The molecular formula is C20H22N4. The molecule has 0 saturated heterocycles. The van der Waals surface area contributed by atoms with Crippen molar-refractivity contribution in [3.63, 3.8) is 0 Å². The number of hydrogen-bond donors (Lipinski definition) is 1. The molecule has 1 aromatic carbocycles. The zero-order chi connectivity index (χ0) is 15.9. The molecule has 0 radical (unpaired) electrons. The van der Waals surface area contributed by atoms with Crippen molar-refractivity contribution in [2.24, 2.45) is 5.92 Å². The molecular weight excluding hydrogens is 296 g/mol. The van der Waals surface area contributed by atoms with Gasteiger partial charge in [0.1, 0.15) is 5.82 Å². The van der Waals surface area contributed by atoms with E-state index >= 15 is 0 Å². The fourth-order valence-corrected chi connectivity index (χ4v) is 3.74. The van der Waals surface area contributed by atoms with Gasteiger partial charge in [-0.2, -0.15) is 0 Å². The Morgan fingerprint density at radius 3 is 3.08 bits per heavy atom. The summed E-state index contributed by atoms with van der Waals surface area (Å²) in [4.78, 5) is 15.3. The molecule has 0 atom stereocenters. The van der Waals surface area contributed by atoms with Crippen molar-refractivity contribution in [1.82, 2.24) is 19.9 Å².